The second-order valence-electron chi connectivity index (χ2n) is 5.19. The summed E-state index contributed by atoms with van der Waals surface area (Å²) < 4.78 is 23.0. The number of nitrogens with two attached hydrogens (primary N) is 1. The average molecular weight is 316 g/mol. The summed E-state index contributed by atoms with van der Waals surface area (Å²) in [6, 6.07) is 5.30. The maximum absolute atomic E-state index is 11.5. The van der Waals surface area contributed by atoms with E-state index in [1.165, 1.54) is 0 Å². The fourth-order valence-electron chi connectivity index (χ4n) is 2.36. The molecule has 0 saturated carbocycles. The van der Waals surface area contributed by atoms with Gasteiger partial charge in [-0.2, -0.15) is 0 Å². The Hall–Kier alpha value is -1.11. The Morgan fingerprint density at radius 1 is 1.55 bits per heavy atom. The zero-order valence-corrected chi connectivity index (χ0v) is 12.8. The number of nitrogens with one attached hydrogen (secondary N) is 1. The number of rotatable bonds is 4. The van der Waals surface area contributed by atoms with Gasteiger partial charge in [0.05, 0.1) is 11.5 Å². The van der Waals surface area contributed by atoms with Gasteiger partial charge in [0.25, 0.3) is 0 Å². The molecule has 7 heteroatoms. The predicted molar refractivity (Wildman–Crippen MR) is 81.0 cm³/mol. The Kier molecular flexibility index (Phi) is 4.36. The minimum atomic E-state index is -2.88. The molecule has 2 rings (SSSR count). The van der Waals surface area contributed by atoms with E-state index in [-0.39, 0.29) is 23.4 Å². The number of hydrogen-bond acceptors (Lipinski definition) is 4. The van der Waals surface area contributed by atoms with Crippen molar-refractivity contribution < 1.29 is 8.42 Å². The highest BCUT2D eigenvalue weighted by Gasteiger charge is 2.30. The van der Waals surface area contributed by atoms with Crippen LogP contribution in [0.1, 0.15) is 17.5 Å². The first-order valence-corrected chi connectivity index (χ1v) is 8.52. The molecule has 1 aromatic carbocycles. The van der Waals surface area contributed by atoms with E-state index in [9.17, 15) is 8.42 Å². The van der Waals surface area contributed by atoms with Crippen LogP contribution in [0.4, 0.5) is 0 Å². The fourth-order valence-corrected chi connectivity index (χ4v) is 4.41. The molecule has 1 atom stereocenters. The summed E-state index contributed by atoms with van der Waals surface area (Å²) in [5, 5.41) is 7.91. The summed E-state index contributed by atoms with van der Waals surface area (Å²) in [4.78, 5) is 2.01. The largest absolute Gasteiger partial charge is 0.384 e. The van der Waals surface area contributed by atoms with Crippen molar-refractivity contribution in [1.29, 1.82) is 5.41 Å². The first kappa shape index (κ1) is 15.3. The SMILES string of the molecule is CN(Cc1ccc(C(=N)N)cc1Cl)C1CCS(=O)(=O)C1. The van der Waals surface area contributed by atoms with Crippen molar-refractivity contribution in [3.05, 3.63) is 34.3 Å². The molecule has 3 N–H and O–H groups in total. The minimum absolute atomic E-state index is 0.0197. The van der Waals surface area contributed by atoms with Crippen molar-refractivity contribution in [1.82, 2.24) is 4.90 Å². The number of halogens is 1. The molecular weight excluding hydrogens is 298 g/mol. The Labute approximate surface area is 124 Å². The van der Waals surface area contributed by atoms with Crippen molar-refractivity contribution >= 4 is 27.3 Å². The minimum Gasteiger partial charge on any atom is -0.384 e. The van der Waals surface area contributed by atoms with Crippen LogP contribution in [-0.2, 0) is 16.4 Å². The molecule has 1 saturated heterocycles. The third-order valence-electron chi connectivity index (χ3n) is 3.62. The van der Waals surface area contributed by atoms with Gasteiger partial charge in [0, 0.05) is 23.2 Å². The third-order valence-corrected chi connectivity index (χ3v) is 5.72. The molecule has 1 aliphatic rings. The number of nitrogen functional groups attached to an aromatic ring is 1. The molecule has 0 bridgehead atoms. The summed E-state index contributed by atoms with van der Waals surface area (Å²) in [5.74, 6) is 0.458. The molecule has 1 heterocycles. The average Bonchev–Trinajstić information content (AvgIpc) is 2.72. The first-order valence-electron chi connectivity index (χ1n) is 6.32. The maximum Gasteiger partial charge on any atom is 0.151 e. The van der Waals surface area contributed by atoms with Gasteiger partial charge in [-0.1, -0.05) is 23.7 Å². The second-order valence-corrected chi connectivity index (χ2v) is 7.83. The lowest BCUT2D eigenvalue weighted by atomic mass is 10.1. The monoisotopic (exact) mass is 315 g/mol. The summed E-state index contributed by atoms with van der Waals surface area (Å²) in [6.45, 7) is 0.581. The molecule has 1 unspecified atom stereocenters. The Morgan fingerprint density at radius 2 is 2.25 bits per heavy atom. The smallest absolute Gasteiger partial charge is 0.151 e. The van der Waals surface area contributed by atoms with Crippen molar-refractivity contribution in [2.45, 2.75) is 19.0 Å². The van der Waals surface area contributed by atoms with Gasteiger partial charge in [-0.15, -0.1) is 0 Å². The molecule has 20 heavy (non-hydrogen) atoms. The van der Waals surface area contributed by atoms with Gasteiger partial charge in [-0.05, 0) is 25.1 Å². The number of benzene rings is 1. The predicted octanol–water partition coefficient (Wildman–Crippen LogP) is 1.24. The topological polar surface area (TPSA) is 87.2 Å². The Balaban J connectivity index is 2.08. The fraction of sp³-hybridized carbons (Fsp3) is 0.462. The van der Waals surface area contributed by atoms with Crippen LogP contribution in [0.15, 0.2) is 18.2 Å². The number of nitrogens with zero attached hydrogens (tertiary/aromatic N) is 1. The van der Waals surface area contributed by atoms with E-state index in [2.05, 4.69) is 0 Å². The molecule has 5 nitrogen and oxygen atoms in total. The molecule has 0 radical (unpaired) electrons. The van der Waals surface area contributed by atoms with Gasteiger partial charge in [0.15, 0.2) is 9.84 Å². The molecule has 0 aromatic heterocycles. The van der Waals surface area contributed by atoms with E-state index < -0.39 is 9.84 Å². The van der Waals surface area contributed by atoms with E-state index >= 15 is 0 Å². The van der Waals surface area contributed by atoms with Crippen molar-refractivity contribution in [3.63, 3.8) is 0 Å². The van der Waals surface area contributed by atoms with Crippen LogP contribution in [-0.4, -0.2) is 43.7 Å². The van der Waals surface area contributed by atoms with E-state index in [0.717, 1.165) is 5.56 Å². The quantitative estimate of drug-likeness (QED) is 0.646. The zero-order valence-electron chi connectivity index (χ0n) is 11.3. The Bertz CT molecular complexity index is 631. The van der Waals surface area contributed by atoms with Crippen molar-refractivity contribution in [2.75, 3.05) is 18.6 Å². The van der Waals surface area contributed by atoms with Gasteiger partial charge in [-0.3, -0.25) is 10.3 Å². The van der Waals surface area contributed by atoms with Crippen LogP contribution >= 0.6 is 11.6 Å². The van der Waals surface area contributed by atoms with Crippen LogP contribution in [0.5, 0.6) is 0 Å². The van der Waals surface area contributed by atoms with E-state index in [1.54, 1.807) is 12.1 Å². The van der Waals surface area contributed by atoms with Gasteiger partial charge in [0.2, 0.25) is 0 Å². The Morgan fingerprint density at radius 3 is 2.75 bits per heavy atom. The summed E-state index contributed by atoms with van der Waals surface area (Å²) >= 11 is 6.18. The molecule has 0 amide bonds. The lowest BCUT2D eigenvalue weighted by Crippen LogP contribution is -2.32. The lowest BCUT2D eigenvalue weighted by molar-refractivity contribution is 0.254. The van der Waals surface area contributed by atoms with Crippen LogP contribution in [0, 0.1) is 5.41 Å². The number of sulfone groups is 1. The van der Waals surface area contributed by atoms with Crippen LogP contribution < -0.4 is 5.73 Å². The first-order chi connectivity index (χ1) is 9.28. The molecule has 1 fully saturated rings. The van der Waals surface area contributed by atoms with Crippen LogP contribution in [0.25, 0.3) is 0 Å². The van der Waals surface area contributed by atoms with Gasteiger partial charge >= 0.3 is 0 Å². The summed E-state index contributed by atoms with van der Waals surface area (Å²) in [6.07, 6.45) is 0.669. The highest BCUT2D eigenvalue weighted by Crippen LogP contribution is 2.23. The van der Waals surface area contributed by atoms with Crippen LogP contribution in [0.3, 0.4) is 0 Å². The highest BCUT2D eigenvalue weighted by molar-refractivity contribution is 7.91. The van der Waals surface area contributed by atoms with E-state index in [0.29, 0.717) is 23.6 Å². The van der Waals surface area contributed by atoms with E-state index in [1.807, 2.05) is 18.0 Å². The lowest BCUT2D eigenvalue weighted by Gasteiger charge is -2.23. The van der Waals surface area contributed by atoms with Crippen molar-refractivity contribution in [2.24, 2.45) is 5.73 Å². The summed E-state index contributed by atoms with van der Waals surface area (Å²) in [5.41, 5.74) is 6.90. The van der Waals surface area contributed by atoms with Gasteiger partial charge in [0.1, 0.15) is 5.84 Å². The molecule has 0 aliphatic carbocycles. The molecule has 110 valence electrons. The zero-order chi connectivity index (χ0) is 14.9. The van der Waals surface area contributed by atoms with Gasteiger partial charge < -0.3 is 5.73 Å². The second kappa shape index (κ2) is 5.71. The normalized spacial score (nSPS) is 21.2. The molecule has 1 aromatic rings. The molecule has 1 aliphatic heterocycles. The van der Waals surface area contributed by atoms with Crippen molar-refractivity contribution in [3.8, 4) is 0 Å². The molecular formula is C13H18ClN3O2S. The standard InChI is InChI=1S/C13H18ClN3O2S/c1-17(11-4-5-20(18,19)8-11)7-10-3-2-9(13(15)16)6-12(10)14/h2-3,6,11H,4-5,7-8H2,1H3,(H3,15,16). The van der Waals surface area contributed by atoms with E-state index in [4.69, 9.17) is 22.7 Å². The summed E-state index contributed by atoms with van der Waals surface area (Å²) in [7, 11) is -0.977. The number of hydrogen-bond donors (Lipinski definition) is 2. The van der Waals surface area contributed by atoms with Gasteiger partial charge in [-0.25, -0.2) is 8.42 Å². The van der Waals surface area contributed by atoms with Crippen LogP contribution in [0.2, 0.25) is 5.02 Å². The molecule has 0 spiro atoms. The highest BCUT2D eigenvalue weighted by atomic mass is 35.5. The third kappa shape index (κ3) is 3.50. The maximum atomic E-state index is 11.5. The number of amidine groups is 1.